The summed E-state index contributed by atoms with van der Waals surface area (Å²) in [5, 5.41) is 5.09. The highest BCUT2D eigenvalue weighted by molar-refractivity contribution is 7.08. The van der Waals surface area contributed by atoms with Gasteiger partial charge < -0.3 is 10.5 Å². The Hall–Kier alpha value is -2.07. The maximum atomic E-state index is 6.06. The van der Waals surface area contributed by atoms with Gasteiger partial charge >= 0.3 is 0 Å². The molecule has 4 heteroatoms. The van der Waals surface area contributed by atoms with Gasteiger partial charge in [-0.2, -0.15) is 11.3 Å². The first kappa shape index (κ1) is 11.0. The number of anilines is 1. The average molecular weight is 256 g/mol. The monoisotopic (exact) mass is 256 g/mol. The van der Waals surface area contributed by atoms with Crippen LogP contribution >= 0.6 is 11.3 Å². The minimum absolute atomic E-state index is 0.700. The first-order valence-electron chi connectivity index (χ1n) is 5.55. The summed E-state index contributed by atoms with van der Waals surface area (Å²) in [5.41, 5.74) is 9.54. The van der Waals surface area contributed by atoms with Crippen molar-refractivity contribution in [2.24, 2.45) is 0 Å². The molecule has 2 heterocycles. The average Bonchev–Trinajstić information content (AvgIpc) is 2.91. The lowest BCUT2D eigenvalue weighted by Gasteiger charge is -2.07. The number of methoxy groups -OCH3 is 1. The lowest BCUT2D eigenvalue weighted by atomic mass is 10.1. The van der Waals surface area contributed by atoms with Crippen molar-refractivity contribution in [3.63, 3.8) is 0 Å². The molecule has 0 spiro atoms. The maximum Gasteiger partial charge on any atom is 0.121 e. The second kappa shape index (κ2) is 4.31. The quantitative estimate of drug-likeness (QED) is 0.762. The molecular weight excluding hydrogens is 244 g/mol. The molecule has 90 valence electrons. The van der Waals surface area contributed by atoms with Gasteiger partial charge in [0.2, 0.25) is 0 Å². The number of benzene rings is 1. The molecule has 0 saturated heterocycles. The van der Waals surface area contributed by atoms with Crippen LogP contribution in [0.3, 0.4) is 0 Å². The van der Waals surface area contributed by atoms with Gasteiger partial charge in [0.1, 0.15) is 5.75 Å². The summed E-state index contributed by atoms with van der Waals surface area (Å²) in [7, 11) is 1.65. The molecule has 3 aromatic rings. The fourth-order valence-electron chi connectivity index (χ4n) is 1.92. The van der Waals surface area contributed by atoms with Gasteiger partial charge in [0, 0.05) is 22.4 Å². The highest BCUT2D eigenvalue weighted by atomic mass is 32.1. The van der Waals surface area contributed by atoms with Crippen LogP contribution in [0.25, 0.3) is 22.2 Å². The molecular formula is C14H12N2OS. The van der Waals surface area contributed by atoms with Gasteiger partial charge in [-0.05, 0) is 29.6 Å². The number of thiophene rings is 1. The van der Waals surface area contributed by atoms with Crippen molar-refractivity contribution in [2.45, 2.75) is 0 Å². The van der Waals surface area contributed by atoms with Crippen molar-refractivity contribution in [3.05, 3.63) is 41.1 Å². The van der Waals surface area contributed by atoms with Crippen LogP contribution in [0.15, 0.2) is 41.1 Å². The molecule has 0 atom stereocenters. The van der Waals surface area contributed by atoms with Gasteiger partial charge in [-0.1, -0.05) is 0 Å². The molecule has 0 fully saturated rings. The molecule has 2 N–H and O–H groups in total. The zero-order valence-corrected chi connectivity index (χ0v) is 10.7. The van der Waals surface area contributed by atoms with Crippen LogP contribution in [0.2, 0.25) is 0 Å². The van der Waals surface area contributed by atoms with Crippen LogP contribution in [0.5, 0.6) is 5.75 Å². The van der Waals surface area contributed by atoms with Crippen molar-refractivity contribution in [2.75, 3.05) is 12.8 Å². The molecule has 0 aliphatic heterocycles. The first-order chi connectivity index (χ1) is 8.78. The molecule has 0 saturated carbocycles. The Morgan fingerprint density at radius 2 is 2.11 bits per heavy atom. The van der Waals surface area contributed by atoms with Crippen LogP contribution in [-0.2, 0) is 0 Å². The van der Waals surface area contributed by atoms with E-state index in [0.29, 0.717) is 5.69 Å². The number of fused-ring (bicyclic) bond motifs is 1. The van der Waals surface area contributed by atoms with Crippen molar-refractivity contribution in [3.8, 4) is 17.0 Å². The fraction of sp³-hybridized carbons (Fsp3) is 0.0714. The summed E-state index contributed by atoms with van der Waals surface area (Å²) in [5.74, 6) is 0.802. The zero-order valence-electron chi connectivity index (χ0n) is 9.88. The zero-order chi connectivity index (χ0) is 12.5. The highest BCUT2D eigenvalue weighted by Gasteiger charge is 2.07. The Labute approximate surface area is 109 Å². The minimum Gasteiger partial charge on any atom is -0.497 e. The summed E-state index contributed by atoms with van der Waals surface area (Å²) >= 11 is 1.64. The number of rotatable bonds is 2. The smallest absolute Gasteiger partial charge is 0.121 e. The topological polar surface area (TPSA) is 48.1 Å². The summed E-state index contributed by atoms with van der Waals surface area (Å²) in [6, 6.07) is 9.78. The van der Waals surface area contributed by atoms with Gasteiger partial charge in [-0.3, -0.25) is 0 Å². The van der Waals surface area contributed by atoms with Crippen LogP contribution < -0.4 is 10.5 Å². The van der Waals surface area contributed by atoms with E-state index < -0.39 is 0 Å². The number of hydrogen-bond donors (Lipinski definition) is 1. The Kier molecular flexibility index (Phi) is 2.64. The molecule has 0 aliphatic carbocycles. The third-order valence-corrected chi connectivity index (χ3v) is 3.53. The molecule has 0 radical (unpaired) electrons. The van der Waals surface area contributed by atoms with E-state index in [0.717, 1.165) is 27.9 Å². The van der Waals surface area contributed by atoms with E-state index in [1.54, 1.807) is 18.4 Å². The minimum atomic E-state index is 0.700. The van der Waals surface area contributed by atoms with Gasteiger partial charge in [0.15, 0.2) is 0 Å². The number of nitrogens with zero attached hydrogens (tertiary/aromatic N) is 1. The number of ether oxygens (including phenoxy) is 1. The van der Waals surface area contributed by atoms with Crippen molar-refractivity contribution >= 4 is 27.9 Å². The fourth-order valence-corrected chi connectivity index (χ4v) is 2.56. The second-order valence-corrected chi connectivity index (χ2v) is 4.78. The molecule has 18 heavy (non-hydrogen) atoms. The van der Waals surface area contributed by atoms with E-state index >= 15 is 0 Å². The Bertz CT molecular complexity index is 692. The van der Waals surface area contributed by atoms with E-state index in [4.69, 9.17) is 10.5 Å². The SMILES string of the molecule is COc1ccc2cc(N)c(-c3ccsc3)nc2c1. The standard InChI is InChI=1S/C14H12N2OS/c1-17-11-3-2-9-6-12(15)14(16-13(9)7-11)10-4-5-18-8-10/h2-8H,15H2,1H3. The number of pyridine rings is 1. The Morgan fingerprint density at radius 1 is 1.22 bits per heavy atom. The molecule has 0 aliphatic rings. The van der Waals surface area contributed by atoms with Crippen molar-refractivity contribution in [1.82, 2.24) is 4.98 Å². The molecule has 3 nitrogen and oxygen atoms in total. The number of nitrogen functional groups attached to an aromatic ring is 1. The van der Waals surface area contributed by atoms with Gasteiger partial charge in [-0.25, -0.2) is 4.98 Å². The van der Waals surface area contributed by atoms with E-state index in [1.807, 2.05) is 41.1 Å². The third kappa shape index (κ3) is 1.80. The van der Waals surface area contributed by atoms with Gasteiger partial charge in [0.25, 0.3) is 0 Å². The first-order valence-corrected chi connectivity index (χ1v) is 6.49. The summed E-state index contributed by atoms with van der Waals surface area (Å²) < 4.78 is 5.21. The largest absolute Gasteiger partial charge is 0.497 e. The predicted molar refractivity (Wildman–Crippen MR) is 76.0 cm³/mol. The molecule has 0 bridgehead atoms. The molecule has 1 aromatic carbocycles. The second-order valence-electron chi connectivity index (χ2n) is 4.00. The normalized spacial score (nSPS) is 10.7. The summed E-state index contributed by atoms with van der Waals surface area (Å²) in [6.07, 6.45) is 0. The van der Waals surface area contributed by atoms with E-state index in [1.165, 1.54) is 0 Å². The molecule has 0 amide bonds. The van der Waals surface area contributed by atoms with Crippen LogP contribution in [0.4, 0.5) is 5.69 Å². The number of hydrogen-bond acceptors (Lipinski definition) is 4. The lowest BCUT2D eigenvalue weighted by Crippen LogP contribution is -1.94. The number of aromatic nitrogens is 1. The molecule has 2 aromatic heterocycles. The molecule has 0 unspecified atom stereocenters. The molecule has 3 rings (SSSR count). The van der Waals surface area contributed by atoms with Crippen LogP contribution in [0.1, 0.15) is 0 Å². The van der Waals surface area contributed by atoms with E-state index in [2.05, 4.69) is 4.98 Å². The maximum absolute atomic E-state index is 6.06. The Balaban J connectivity index is 2.24. The van der Waals surface area contributed by atoms with E-state index in [9.17, 15) is 0 Å². The van der Waals surface area contributed by atoms with Gasteiger partial charge in [0.05, 0.1) is 24.0 Å². The van der Waals surface area contributed by atoms with Gasteiger partial charge in [-0.15, -0.1) is 0 Å². The van der Waals surface area contributed by atoms with Crippen LogP contribution in [0, 0.1) is 0 Å². The third-order valence-electron chi connectivity index (χ3n) is 2.85. The Morgan fingerprint density at radius 3 is 2.83 bits per heavy atom. The van der Waals surface area contributed by atoms with Crippen LogP contribution in [-0.4, -0.2) is 12.1 Å². The highest BCUT2D eigenvalue weighted by Crippen LogP contribution is 2.30. The van der Waals surface area contributed by atoms with E-state index in [-0.39, 0.29) is 0 Å². The lowest BCUT2D eigenvalue weighted by molar-refractivity contribution is 0.415. The number of nitrogens with two attached hydrogens (primary N) is 1. The van der Waals surface area contributed by atoms with Crippen molar-refractivity contribution in [1.29, 1.82) is 0 Å². The predicted octanol–water partition coefficient (Wildman–Crippen LogP) is 3.55. The summed E-state index contributed by atoms with van der Waals surface area (Å²) in [4.78, 5) is 4.63. The summed E-state index contributed by atoms with van der Waals surface area (Å²) in [6.45, 7) is 0. The van der Waals surface area contributed by atoms with Crippen molar-refractivity contribution < 1.29 is 4.74 Å².